The second-order valence-electron chi connectivity index (χ2n) is 6.36. The lowest BCUT2D eigenvalue weighted by Crippen LogP contribution is -3.15. The summed E-state index contributed by atoms with van der Waals surface area (Å²) in [6.07, 6.45) is 7.41. The van der Waals surface area contributed by atoms with E-state index in [4.69, 9.17) is 11.6 Å². The minimum Gasteiger partial charge on any atom is -1.00 e. The Hall–Kier alpha value is -1.03. The van der Waals surface area contributed by atoms with E-state index in [1.807, 2.05) is 31.2 Å². The van der Waals surface area contributed by atoms with Crippen molar-refractivity contribution in [2.24, 2.45) is 0 Å². The first-order valence-electron chi connectivity index (χ1n) is 8.24. The summed E-state index contributed by atoms with van der Waals surface area (Å²) in [4.78, 5) is 15.8. The number of rotatable bonds is 4. The Balaban J connectivity index is 0.00000192. The fourth-order valence-electron chi connectivity index (χ4n) is 3.80. The van der Waals surface area contributed by atoms with Crippen LogP contribution >= 0.6 is 11.6 Å². The first-order valence-corrected chi connectivity index (χ1v) is 8.62. The van der Waals surface area contributed by atoms with Crippen LogP contribution in [0, 0.1) is 0 Å². The maximum Gasteiger partial charge on any atom is 0.223 e. The zero-order valence-corrected chi connectivity index (χ0v) is 15.0. The van der Waals surface area contributed by atoms with Gasteiger partial charge in [-0.15, -0.1) is 0 Å². The Morgan fingerprint density at radius 1 is 1.26 bits per heavy atom. The van der Waals surface area contributed by atoms with Gasteiger partial charge in [0.15, 0.2) is 0 Å². The number of quaternary nitrogens is 1. The summed E-state index contributed by atoms with van der Waals surface area (Å²) >= 11 is 5.90. The third-order valence-electron chi connectivity index (χ3n) is 4.85. The standard InChI is InChI=1S/C18H23ClN2O.ClH/c1-2-18(22)21-16-9-10-17(21)13-20(12-16)11-3-4-14-5-7-15(19)8-6-14;/h3-8,16-17H,2,9-13H2,1H3;1H/b4-3+;. The summed E-state index contributed by atoms with van der Waals surface area (Å²) in [6.45, 7) is 5.18. The van der Waals surface area contributed by atoms with Gasteiger partial charge in [-0.25, -0.2) is 0 Å². The predicted octanol–water partition coefficient (Wildman–Crippen LogP) is -0.975. The molecule has 2 atom stereocenters. The average Bonchev–Trinajstić information content (AvgIpc) is 2.79. The summed E-state index contributed by atoms with van der Waals surface area (Å²) in [7, 11) is 0. The number of piperazine rings is 1. The van der Waals surface area contributed by atoms with Gasteiger partial charge in [0.05, 0.1) is 31.7 Å². The molecule has 2 unspecified atom stereocenters. The fourth-order valence-corrected chi connectivity index (χ4v) is 3.93. The molecule has 2 saturated heterocycles. The maximum atomic E-state index is 12.1. The van der Waals surface area contributed by atoms with Crippen LogP contribution in [-0.2, 0) is 4.79 Å². The van der Waals surface area contributed by atoms with E-state index in [1.165, 1.54) is 18.4 Å². The van der Waals surface area contributed by atoms with Crippen molar-refractivity contribution in [3.63, 3.8) is 0 Å². The molecule has 126 valence electrons. The van der Waals surface area contributed by atoms with Gasteiger partial charge in [0.1, 0.15) is 0 Å². The van der Waals surface area contributed by atoms with Crippen LogP contribution in [0.3, 0.4) is 0 Å². The monoisotopic (exact) mass is 354 g/mol. The van der Waals surface area contributed by atoms with Crippen LogP contribution < -0.4 is 17.3 Å². The van der Waals surface area contributed by atoms with Crippen molar-refractivity contribution in [2.45, 2.75) is 38.3 Å². The van der Waals surface area contributed by atoms with E-state index in [0.717, 1.165) is 24.7 Å². The van der Waals surface area contributed by atoms with Crippen LogP contribution in [0.25, 0.3) is 6.08 Å². The second-order valence-corrected chi connectivity index (χ2v) is 6.79. The molecule has 2 fully saturated rings. The van der Waals surface area contributed by atoms with Crippen LogP contribution in [0.5, 0.6) is 0 Å². The van der Waals surface area contributed by atoms with Crippen LogP contribution in [-0.4, -0.2) is 42.5 Å². The summed E-state index contributed by atoms with van der Waals surface area (Å²) in [6, 6.07) is 8.84. The smallest absolute Gasteiger partial charge is 0.223 e. The summed E-state index contributed by atoms with van der Waals surface area (Å²) in [5, 5.41) is 0.774. The Morgan fingerprint density at radius 3 is 2.43 bits per heavy atom. The number of fused-ring (bicyclic) bond motifs is 2. The number of carbonyl (C=O) groups excluding carboxylic acids is 1. The van der Waals surface area contributed by atoms with Crippen molar-refractivity contribution in [3.05, 3.63) is 40.9 Å². The minimum atomic E-state index is 0. The second kappa shape index (κ2) is 8.18. The third-order valence-corrected chi connectivity index (χ3v) is 5.10. The van der Waals surface area contributed by atoms with Gasteiger partial charge in [-0.3, -0.25) is 4.79 Å². The lowest BCUT2D eigenvalue weighted by molar-refractivity contribution is -0.902. The topological polar surface area (TPSA) is 24.8 Å². The van der Waals surface area contributed by atoms with E-state index in [0.29, 0.717) is 24.4 Å². The van der Waals surface area contributed by atoms with Crippen LogP contribution in [0.15, 0.2) is 30.3 Å². The van der Waals surface area contributed by atoms with Crippen LogP contribution in [0.1, 0.15) is 31.7 Å². The number of likely N-dealkylation sites (tertiary alicyclic amines) is 1. The van der Waals surface area contributed by atoms with Crippen molar-refractivity contribution < 1.29 is 22.1 Å². The molecule has 5 heteroatoms. The number of benzene rings is 1. The highest BCUT2D eigenvalue weighted by molar-refractivity contribution is 6.30. The van der Waals surface area contributed by atoms with Gasteiger partial charge in [-0.2, -0.15) is 0 Å². The number of nitrogens with one attached hydrogen (secondary N) is 1. The summed E-state index contributed by atoms with van der Waals surface area (Å²) < 4.78 is 0. The van der Waals surface area contributed by atoms with Gasteiger partial charge in [0.2, 0.25) is 5.91 Å². The molecule has 3 nitrogen and oxygen atoms in total. The quantitative estimate of drug-likeness (QED) is 0.739. The van der Waals surface area contributed by atoms with E-state index in [9.17, 15) is 4.79 Å². The molecule has 0 saturated carbocycles. The van der Waals surface area contributed by atoms with Crippen molar-refractivity contribution in [2.75, 3.05) is 19.6 Å². The van der Waals surface area contributed by atoms with Crippen molar-refractivity contribution in [3.8, 4) is 0 Å². The van der Waals surface area contributed by atoms with Crippen molar-refractivity contribution in [1.29, 1.82) is 0 Å². The van der Waals surface area contributed by atoms with Crippen LogP contribution in [0.4, 0.5) is 0 Å². The zero-order chi connectivity index (χ0) is 15.5. The first kappa shape index (κ1) is 18.3. The number of hydrogen-bond acceptors (Lipinski definition) is 1. The number of halogens is 2. The van der Waals surface area contributed by atoms with E-state index < -0.39 is 0 Å². The molecule has 1 N–H and O–H groups in total. The maximum absolute atomic E-state index is 12.1. The molecule has 0 aromatic heterocycles. The minimum absolute atomic E-state index is 0. The largest absolute Gasteiger partial charge is 1.00 e. The Kier molecular flexibility index (Phi) is 6.51. The van der Waals surface area contributed by atoms with Gasteiger partial charge in [0.25, 0.3) is 0 Å². The molecule has 2 aliphatic heterocycles. The van der Waals surface area contributed by atoms with Gasteiger partial charge in [-0.1, -0.05) is 36.7 Å². The van der Waals surface area contributed by atoms with Gasteiger partial charge in [-0.05, 0) is 36.6 Å². The Bertz CT molecular complexity index is 545. The van der Waals surface area contributed by atoms with E-state index >= 15 is 0 Å². The molecule has 3 rings (SSSR count). The molecule has 2 aliphatic rings. The number of nitrogens with zero attached hydrogens (tertiary/aromatic N) is 1. The average molecular weight is 355 g/mol. The summed E-state index contributed by atoms with van der Waals surface area (Å²) in [5.74, 6) is 0.336. The van der Waals surface area contributed by atoms with Crippen molar-refractivity contribution >= 4 is 23.6 Å². The van der Waals surface area contributed by atoms with E-state index in [2.05, 4.69) is 17.1 Å². The molecule has 1 aromatic carbocycles. The molecule has 23 heavy (non-hydrogen) atoms. The highest BCUT2D eigenvalue weighted by atomic mass is 35.5. The molecule has 0 spiro atoms. The lowest BCUT2D eigenvalue weighted by Gasteiger charge is -2.38. The van der Waals surface area contributed by atoms with Gasteiger partial charge >= 0.3 is 0 Å². The molecule has 2 heterocycles. The Labute approximate surface area is 149 Å². The zero-order valence-electron chi connectivity index (χ0n) is 13.5. The molecular formula is C18H24Cl2N2O. The van der Waals surface area contributed by atoms with Crippen LogP contribution in [0.2, 0.25) is 5.02 Å². The third kappa shape index (κ3) is 4.28. The number of carbonyl (C=O) groups is 1. The molecular weight excluding hydrogens is 331 g/mol. The lowest BCUT2D eigenvalue weighted by atomic mass is 10.1. The highest BCUT2D eigenvalue weighted by Crippen LogP contribution is 2.25. The molecule has 2 bridgehead atoms. The van der Waals surface area contributed by atoms with Gasteiger partial charge < -0.3 is 22.2 Å². The normalized spacial score (nSPS) is 26.3. The Morgan fingerprint density at radius 2 is 1.87 bits per heavy atom. The van der Waals surface area contributed by atoms with Gasteiger partial charge in [0, 0.05) is 11.4 Å². The van der Waals surface area contributed by atoms with Crippen molar-refractivity contribution in [1.82, 2.24) is 4.90 Å². The molecule has 0 aliphatic carbocycles. The molecule has 1 amide bonds. The molecule has 0 radical (unpaired) electrons. The predicted molar refractivity (Wildman–Crippen MR) is 90.0 cm³/mol. The molecule has 1 aromatic rings. The number of hydrogen-bond donors (Lipinski definition) is 1. The first-order chi connectivity index (χ1) is 10.7. The summed E-state index contributed by atoms with van der Waals surface area (Å²) in [5.41, 5.74) is 1.19. The highest BCUT2D eigenvalue weighted by Gasteiger charge is 2.43. The van der Waals surface area contributed by atoms with E-state index in [-0.39, 0.29) is 12.4 Å². The SMILES string of the molecule is CCC(=O)N1C2CCC1C[NH+](C/C=C/c1ccc(Cl)cc1)C2.[Cl-]. The number of amides is 1. The van der Waals surface area contributed by atoms with E-state index in [1.54, 1.807) is 4.90 Å². The fraction of sp³-hybridized carbons (Fsp3) is 0.500.